The standard InChI is InChI=1S/C12H20N2O2/c1-3-6-13-9-12(15)14(2)10-11-4-7-16-8-5-11/h1,11,13H,4-10H2,2H3. The molecule has 0 unspecified atom stereocenters. The van der Waals surface area contributed by atoms with E-state index in [2.05, 4.69) is 11.2 Å². The Hall–Kier alpha value is -1.05. The van der Waals surface area contributed by atoms with Crippen molar-refractivity contribution in [1.29, 1.82) is 0 Å². The van der Waals surface area contributed by atoms with Gasteiger partial charge in [-0.1, -0.05) is 5.92 Å². The van der Waals surface area contributed by atoms with Crippen LogP contribution in [0.2, 0.25) is 0 Å². The summed E-state index contributed by atoms with van der Waals surface area (Å²) in [6.07, 6.45) is 7.19. The zero-order chi connectivity index (χ0) is 11.8. The van der Waals surface area contributed by atoms with Gasteiger partial charge >= 0.3 is 0 Å². The highest BCUT2D eigenvalue weighted by Gasteiger charge is 2.18. The van der Waals surface area contributed by atoms with Crippen molar-refractivity contribution >= 4 is 5.91 Å². The molecule has 4 nitrogen and oxygen atoms in total. The van der Waals surface area contributed by atoms with Crippen LogP contribution < -0.4 is 5.32 Å². The zero-order valence-corrected chi connectivity index (χ0v) is 9.87. The van der Waals surface area contributed by atoms with Crippen molar-refractivity contribution in [3.05, 3.63) is 0 Å². The minimum absolute atomic E-state index is 0.0988. The molecule has 1 aliphatic rings. The molecule has 0 aliphatic carbocycles. The van der Waals surface area contributed by atoms with Crippen LogP contribution in [0.3, 0.4) is 0 Å². The predicted molar refractivity (Wildman–Crippen MR) is 62.9 cm³/mol. The summed E-state index contributed by atoms with van der Waals surface area (Å²) in [5.41, 5.74) is 0. The maximum atomic E-state index is 11.7. The fraction of sp³-hybridized carbons (Fsp3) is 0.750. The van der Waals surface area contributed by atoms with Crippen LogP contribution in [-0.2, 0) is 9.53 Å². The number of carbonyl (C=O) groups is 1. The largest absolute Gasteiger partial charge is 0.381 e. The normalized spacial score (nSPS) is 16.8. The first kappa shape index (κ1) is 13.0. The molecule has 90 valence electrons. The topological polar surface area (TPSA) is 41.6 Å². The average molecular weight is 224 g/mol. The lowest BCUT2D eigenvalue weighted by Crippen LogP contribution is -2.39. The lowest BCUT2D eigenvalue weighted by Gasteiger charge is -2.27. The molecule has 1 amide bonds. The molecule has 0 bridgehead atoms. The Labute approximate surface area is 97.3 Å². The number of hydrogen-bond acceptors (Lipinski definition) is 3. The van der Waals surface area contributed by atoms with Gasteiger partial charge in [-0.05, 0) is 18.8 Å². The maximum Gasteiger partial charge on any atom is 0.236 e. The third-order valence-corrected chi connectivity index (χ3v) is 2.80. The Kier molecular flexibility index (Phi) is 5.91. The van der Waals surface area contributed by atoms with E-state index >= 15 is 0 Å². The zero-order valence-electron chi connectivity index (χ0n) is 9.87. The Balaban J connectivity index is 2.19. The van der Waals surface area contributed by atoms with Gasteiger partial charge in [-0.15, -0.1) is 6.42 Å². The third kappa shape index (κ3) is 4.65. The van der Waals surface area contributed by atoms with Crippen LogP contribution in [-0.4, -0.2) is 50.7 Å². The van der Waals surface area contributed by atoms with Gasteiger partial charge in [0.15, 0.2) is 0 Å². The molecule has 0 spiro atoms. The lowest BCUT2D eigenvalue weighted by molar-refractivity contribution is -0.129. The van der Waals surface area contributed by atoms with Crippen LogP contribution in [0.5, 0.6) is 0 Å². The van der Waals surface area contributed by atoms with Gasteiger partial charge in [0.2, 0.25) is 5.91 Å². The maximum absolute atomic E-state index is 11.7. The van der Waals surface area contributed by atoms with Gasteiger partial charge in [0, 0.05) is 26.8 Å². The van der Waals surface area contributed by atoms with Crippen molar-refractivity contribution in [1.82, 2.24) is 10.2 Å². The summed E-state index contributed by atoms with van der Waals surface area (Å²) >= 11 is 0. The summed E-state index contributed by atoms with van der Waals surface area (Å²) in [5, 5.41) is 2.90. The Morgan fingerprint density at radius 1 is 1.56 bits per heavy atom. The van der Waals surface area contributed by atoms with Crippen molar-refractivity contribution in [3.8, 4) is 12.3 Å². The van der Waals surface area contributed by atoms with E-state index in [1.165, 1.54) is 0 Å². The second-order valence-electron chi connectivity index (χ2n) is 4.14. The molecule has 0 aromatic heterocycles. The number of rotatable bonds is 5. The third-order valence-electron chi connectivity index (χ3n) is 2.80. The molecule has 1 saturated heterocycles. The highest BCUT2D eigenvalue weighted by Crippen LogP contribution is 2.15. The van der Waals surface area contributed by atoms with Gasteiger partial charge in [0.25, 0.3) is 0 Å². The Bertz CT molecular complexity index is 254. The number of nitrogens with one attached hydrogen (secondary N) is 1. The molecule has 1 heterocycles. The fourth-order valence-electron chi connectivity index (χ4n) is 1.79. The highest BCUT2D eigenvalue weighted by atomic mass is 16.5. The number of nitrogens with zero attached hydrogens (tertiary/aromatic N) is 1. The molecular formula is C12H20N2O2. The van der Waals surface area contributed by atoms with Crippen molar-refractivity contribution in [2.75, 3.05) is 39.9 Å². The van der Waals surface area contributed by atoms with Crippen LogP contribution in [0.4, 0.5) is 0 Å². The molecule has 0 saturated carbocycles. The smallest absolute Gasteiger partial charge is 0.236 e. The van der Waals surface area contributed by atoms with E-state index in [0.29, 0.717) is 19.0 Å². The van der Waals surface area contributed by atoms with Crippen LogP contribution in [0.25, 0.3) is 0 Å². The van der Waals surface area contributed by atoms with E-state index in [-0.39, 0.29) is 5.91 Å². The SMILES string of the molecule is C#CCNCC(=O)N(C)CC1CCOCC1. The summed E-state index contributed by atoms with van der Waals surface area (Å²) in [4.78, 5) is 13.4. The van der Waals surface area contributed by atoms with Crippen molar-refractivity contribution < 1.29 is 9.53 Å². The van der Waals surface area contributed by atoms with E-state index in [1.54, 1.807) is 4.90 Å². The van der Waals surface area contributed by atoms with E-state index in [1.807, 2.05) is 7.05 Å². The highest BCUT2D eigenvalue weighted by molar-refractivity contribution is 5.77. The molecule has 1 aliphatic heterocycles. The first-order valence-corrected chi connectivity index (χ1v) is 5.70. The molecule has 0 atom stereocenters. The fourth-order valence-corrected chi connectivity index (χ4v) is 1.79. The van der Waals surface area contributed by atoms with Gasteiger partial charge < -0.3 is 9.64 Å². The van der Waals surface area contributed by atoms with E-state index < -0.39 is 0 Å². The molecule has 16 heavy (non-hydrogen) atoms. The number of carbonyl (C=O) groups excluding carboxylic acids is 1. The number of likely N-dealkylation sites (N-methyl/N-ethyl adjacent to an activating group) is 1. The number of hydrogen-bond donors (Lipinski definition) is 1. The van der Waals surface area contributed by atoms with Crippen molar-refractivity contribution in [3.63, 3.8) is 0 Å². The van der Waals surface area contributed by atoms with Crippen molar-refractivity contribution in [2.45, 2.75) is 12.8 Å². The second kappa shape index (κ2) is 7.26. The van der Waals surface area contributed by atoms with E-state index in [4.69, 9.17) is 11.2 Å². The number of ether oxygens (including phenoxy) is 1. The molecule has 4 heteroatoms. The van der Waals surface area contributed by atoms with Crippen molar-refractivity contribution in [2.24, 2.45) is 5.92 Å². The summed E-state index contributed by atoms with van der Waals surface area (Å²) in [7, 11) is 1.84. The van der Waals surface area contributed by atoms with E-state index in [9.17, 15) is 4.79 Å². The van der Waals surface area contributed by atoms with Gasteiger partial charge in [-0.25, -0.2) is 0 Å². The van der Waals surface area contributed by atoms with Gasteiger partial charge in [-0.3, -0.25) is 10.1 Å². The molecule has 1 N–H and O–H groups in total. The minimum Gasteiger partial charge on any atom is -0.381 e. The van der Waals surface area contributed by atoms with Crippen LogP contribution in [0.1, 0.15) is 12.8 Å². The number of terminal acetylenes is 1. The molecule has 0 aromatic carbocycles. The summed E-state index contributed by atoms with van der Waals surface area (Å²) < 4.78 is 5.28. The predicted octanol–water partition coefficient (Wildman–Crippen LogP) is 0.0942. The quantitative estimate of drug-likeness (QED) is 0.532. The number of amides is 1. The first-order chi connectivity index (χ1) is 7.74. The minimum atomic E-state index is 0.0988. The van der Waals surface area contributed by atoms with Gasteiger partial charge in [-0.2, -0.15) is 0 Å². The van der Waals surface area contributed by atoms with Crippen LogP contribution >= 0.6 is 0 Å². The summed E-state index contributed by atoms with van der Waals surface area (Å²) in [6.45, 7) is 3.23. The van der Waals surface area contributed by atoms with E-state index in [0.717, 1.165) is 32.6 Å². The van der Waals surface area contributed by atoms with Gasteiger partial charge in [0.05, 0.1) is 13.1 Å². The molecule has 1 rings (SSSR count). The van der Waals surface area contributed by atoms with Gasteiger partial charge in [0.1, 0.15) is 0 Å². The molecule has 1 fully saturated rings. The molecule has 0 radical (unpaired) electrons. The average Bonchev–Trinajstić information content (AvgIpc) is 2.30. The van der Waals surface area contributed by atoms with Crippen LogP contribution in [0.15, 0.2) is 0 Å². The lowest BCUT2D eigenvalue weighted by atomic mass is 10.00. The Morgan fingerprint density at radius 2 is 2.25 bits per heavy atom. The summed E-state index contributed by atoms with van der Waals surface area (Å²) in [5.74, 6) is 3.12. The first-order valence-electron chi connectivity index (χ1n) is 5.70. The molecule has 0 aromatic rings. The van der Waals surface area contributed by atoms with Crippen LogP contribution in [0, 0.1) is 18.3 Å². The monoisotopic (exact) mass is 224 g/mol. The Morgan fingerprint density at radius 3 is 2.88 bits per heavy atom. The summed E-state index contributed by atoms with van der Waals surface area (Å²) in [6, 6.07) is 0. The second-order valence-corrected chi connectivity index (χ2v) is 4.14. The molecular weight excluding hydrogens is 204 g/mol.